The first-order valence-electron chi connectivity index (χ1n) is 9.53. The predicted octanol–water partition coefficient (Wildman–Crippen LogP) is 3.85. The predicted molar refractivity (Wildman–Crippen MR) is 117 cm³/mol. The standard InChI is InChI=1S/C22H26N4O2S/c1-14-4-6-16(7-5-14)13-20-25-22(29-26-20)24-19(12-15(2)23)21(27)17-8-10-18(28-3)11-9-17/h4-11,15,19H,12-13,23H2,1-3H3,(H,24,25,26). The Labute approximate surface area is 175 Å². The van der Waals surface area contributed by atoms with Gasteiger partial charge >= 0.3 is 0 Å². The highest BCUT2D eigenvalue weighted by molar-refractivity contribution is 7.09. The van der Waals surface area contributed by atoms with Crippen molar-refractivity contribution in [3.05, 3.63) is 71.0 Å². The van der Waals surface area contributed by atoms with Gasteiger partial charge in [0.1, 0.15) is 11.6 Å². The average molecular weight is 411 g/mol. The Morgan fingerprint density at radius 2 is 1.86 bits per heavy atom. The Kier molecular flexibility index (Phi) is 6.95. The molecule has 0 aliphatic carbocycles. The molecule has 0 aliphatic heterocycles. The smallest absolute Gasteiger partial charge is 0.203 e. The summed E-state index contributed by atoms with van der Waals surface area (Å²) < 4.78 is 9.59. The van der Waals surface area contributed by atoms with Gasteiger partial charge in [-0.1, -0.05) is 29.8 Å². The number of aryl methyl sites for hydroxylation is 1. The lowest BCUT2D eigenvalue weighted by atomic mass is 9.99. The first kappa shape index (κ1) is 21.0. The largest absolute Gasteiger partial charge is 0.497 e. The van der Waals surface area contributed by atoms with Crippen LogP contribution in [-0.4, -0.2) is 34.3 Å². The van der Waals surface area contributed by atoms with E-state index in [0.717, 1.165) is 11.4 Å². The van der Waals surface area contributed by atoms with Crippen molar-refractivity contribution in [3.8, 4) is 5.75 Å². The minimum atomic E-state index is -0.469. The summed E-state index contributed by atoms with van der Waals surface area (Å²) in [6, 6.07) is 14.8. The molecule has 2 atom stereocenters. The zero-order valence-corrected chi connectivity index (χ0v) is 17.7. The van der Waals surface area contributed by atoms with Crippen molar-refractivity contribution < 1.29 is 9.53 Å². The molecule has 3 aromatic rings. The fourth-order valence-electron chi connectivity index (χ4n) is 2.98. The number of ether oxygens (including phenoxy) is 1. The molecule has 2 unspecified atom stereocenters. The molecule has 1 aromatic heterocycles. The Morgan fingerprint density at radius 3 is 2.48 bits per heavy atom. The molecule has 1 heterocycles. The van der Waals surface area contributed by atoms with Crippen LogP contribution in [0.5, 0.6) is 5.75 Å². The second-order valence-corrected chi connectivity index (χ2v) is 7.93. The van der Waals surface area contributed by atoms with Crippen LogP contribution in [0.25, 0.3) is 0 Å². The molecule has 3 rings (SSSR count). The van der Waals surface area contributed by atoms with Crippen molar-refractivity contribution in [1.82, 2.24) is 9.36 Å². The molecule has 7 heteroatoms. The van der Waals surface area contributed by atoms with Crippen LogP contribution in [0, 0.1) is 6.92 Å². The molecule has 0 bridgehead atoms. The van der Waals surface area contributed by atoms with Crippen LogP contribution in [0.15, 0.2) is 48.5 Å². The van der Waals surface area contributed by atoms with Gasteiger partial charge in [-0.2, -0.15) is 4.37 Å². The van der Waals surface area contributed by atoms with Gasteiger partial charge in [0.2, 0.25) is 5.13 Å². The summed E-state index contributed by atoms with van der Waals surface area (Å²) in [7, 11) is 1.60. The van der Waals surface area contributed by atoms with Crippen molar-refractivity contribution in [2.75, 3.05) is 12.4 Å². The monoisotopic (exact) mass is 410 g/mol. The number of carbonyl (C=O) groups excluding carboxylic acids is 1. The Morgan fingerprint density at radius 1 is 1.17 bits per heavy atom. The number of nitrogens with two attached hydrogens (primary N) is 1. The molecule has 2 aromatic carbocycles. The lowest BCUT2D eigenvalue weighted by molar-refractivity contribution is 0.0963. The SMILES string of the molecule is COc1ccc(C(=O)C(CC(C)N)Nc2nc(Cc3ccc(C)cc3)ns2)cc1. The fourth-order valence-corrected chi connectivity index (χ4v) is 3.62. The summed E-state index contributed by atoms with van der Waals surface area (Å²) >= 11 is 1.26. The summed E-state index contributed by atoms with van der Waals surface area (Å²) in [4.78, 5) is 17.6. The first-order valence-corrected chi connectivity index (χ1v) is 10.3. The molecular weight excluding hydrogens is 384 g/mol. The van der Waals surface area contributed by atoms with Crippen molar-refractivity contribution in [3.63, 3.8) is 0 Å². The van der Waals surface area contributed by atoms with E-state index in [1.54, 1.807) is 31.4 Å². The molecular formula is C22H26N4O2S. The maximum Gasteiger partial charge on any atom is 0.203 e. The Bertz CT molecular complexity index is 936. The molecule has 6 nitrogen and oxygen atoms in total. The van der Waals surface area contributed by atoms with Crippen molar-refractivity contribution >= 4 is 22.4 Å². The highest BCUT2D eigenvalue weighted by Crippen LogP contribution is 2.20. The normalized spacial score (nSPS) is 13.0. The van der Waals surface area contributed by atoms with E-state index in [-0.39, 0.29) is 11.8 Å². The van der Waals surface area contributed by atoms with Gasteiger partial charge in [-0.15, -0.1) is 0 Å². The number of ketones is 1. The number of aromatic nitrogens is 2. The summed E-state index contributed by atoms with van der Waals surface area (Å²) in [6.45, 7) is 3.95. The van der Waals surface area contributed by atoms with E-state index in [9.17, 15) is 4.79 Å². The highest BCUT2D eigenvalue weighted by Gasteiger charge is 2.23. The van der Waals surface area contributed by atoms with Gasteiger partial charge in [0.15, 0.2) is 5.78 Å². The van der Waals surface area contributed by atoms with E-state index in [0.29, 0.717) is 29.3 Å². The molecule has 0 saturated carbocycles. The summed E-state index contributed by atoms with van der Waals surface area (Å²) in [5, 5.41) is 3.86. The number of rotatable bonds is 9. The molecule has 0 fully saturated rings. The third-order valence-electron chi connectivity index (χ3n) is 4.55. The number of nitrogens with zero attached hydrogens (tertiary/aromatic N) is 2. The number of anilines is 1. The number of benzene rings is 2. The number of carbonyl (C=O) groups is 1. The van der Waals surface area contributed by atoms with Crippen LogP contribution < -0.4 is 15.8 Å². The number of Topliss-reactive ketones (excluding diaryl/α,β-unsaturated/α-hetero) is 1. The third kappa shape index (κ3) is 5.85. The van der Waals surface area contributed by atoms with Crippen molar-refractivity contribution in [1.29, 1.82) is 0 Å². The van der Waals surface area contributed by atoms with Gasteiger partial charge in [-0.3, -0.25) is 4.79 Å². The van der Waals surface area contributed by atoms with Crippen LogP contribution in [0.2, 0.25) is 0 Å². The average Bonchev–Trinajstić information content (AvgIpc) is 3.15. The van der Waals surface area contributed by atoms with Crippen LogP contribution in [0.3, 0.4) is 0 Å². The van der Waals surface area contributed by atoms with E-state index in [2.05, 4.69) is 45.9 Å². The van der Waals surface area contributed by atoms with E-state index in [4.69, 9.17) is 10.5 Å². The van der Waals surface area contributed by atoms with Crippen LogP contribution in [-0.2, 0) is 6.42 Å². The Balaban J connectivity index is 1.71. The molecule has 29 heavy (non-hydrogen) atoms. The fraction of sp³-hybridized carbons (Fsp3) is 0.318. The molecule has 152 valence electrons. The maximum atomic E-state index is 13.0. The molecule has 3 N–H and O–H groups in total. The maximum absolute atomic E-state index is 13.0. The molecule has 0 spiro atoms. The quantitative estimate of drug-likeness (QED) is 0.521. The zero-order chi connectivity index (χ0) is 20.8. The van der Waals surface area contributed by atoms with E-state index < -0.39 is 6.04 Å². The molecule has 0 aliphatic rings. The zero-order valence-electron chi connectivity index (χ0n) is 16.9. The van der Waals surface area contributed by atoms with E-state index >= 15 is 0 Å². The summed E-state index contributed by atoms with van der Waals surface area (Å²) in [6.07, 6.45) is 1.15. The lowest BCUT2D eigenvalue weighted by Crippen LogP contribution is -2.35. The minimum absolute atomic E-state index is 0.0276. The molecule has 0 amide bonds. The van der Waals surface area contributed by atoms with E-state index in [1.165, 1.54) is 17.1 Å². The number of nitrogens with one attached hydrogen (secondary N) is 1. The van der Waals surface area contributed by atoms with Crippen molar-refractivity contribution in [2.24, 2.45) is 5.73 Å². The second-order valence-electron chi connectivity index (χ2n) is 7.18. The lowest BCUT2D eigenvalue weighted by Gasteiger charge is -2.19. The van der Waals surface area contributed by atoms with Crippen LogP contribution in [0.4, 0.5) is 5.13 Å². The van der Waals surface area contributed by atoms with Crippen LogP contribution in [0.1, 0.15) is 40.7 Å². The van der Waals surface area contributed by atoms with Gasteiger partial charge in [-0.25, -0.2) is 4.98 Å². The van der Waals surface area contributed by atoms with Gasteiger partial charge in [-0.05, 0) is 50.1 Å². The highest BCUT2D eigenvalue weighted by atomic mass is 32.1. The van der Waals surface area contributed by atoms with Crippen LogP contribution >= 0.6 is 11.5 Å². The van der Waals surface area contributed by atoms with Gasteiger partial charge in [0.05, 0.1) is 13.2 Å². The summed E-state index contributed by atoms with van der Waals surface area (Å²) in [5.74, 6) is 1.42. The number of hydrogen-bond donors (Lipinski definition) is 2. The van der Waals surface area contributed by atoms with E-state index in [1.807, 2.05) is 6.92 Å². The third-order valence-corrected chi connectivity index (χ3v) is 5.23. The Hall–Kier alpha value is -2.77. The molecule has 0 radical (unpaired) electrons. The van der Waals surface area contributed by atoms with Gasteiger partial charge < -0.3 is 15.8 Å². The summed E-state index contributed by atoms with van der Waals surface area (Å²) in [5.41, 5.74) is 8.96. The number of hydrogen-bond acceptors (Lipinski definition) is 7. The number of methoxy groups -OCH3 is 1. The first-order chi connectivity index (χ1) is 13.9. The van der Waals surface area contributed by atoms with Gasteiger partial charge in [0, 0.05) is 29.6 Å². The van der Waals surface area contributed by atoms with Crippen molar-refractivity contribution in [2.45, 2.75) is 38.8 Å². The van der Waals surface area contributed by atoms with Gasteiger partial charge in [0.25, 0.3) is 0 Å². The minimum Gasteiger partial charge on any atom is -0.497 e. The topological polar surface area (TPSA) is 90.1 Å². The second kappa shape index (κ2) is 9.62. The molecule has 0 saturated heterocycles.